The van der Waals surface area contributed by atoms with E-state index in [1.807, 2.05) is 53.4 Å². The Bertz CT molecular complexity index is 1160. The lowest BCUT2D eigenvalue weighted by Crippen LogP contribution is -2.48. The molecule has 0 saturated carbocycles. The van der Waals surface area contributed by atoms with Crippen molar-refractivity contribution >= 4 is 28.0 Å². The topological polar surface area (TPSA) is 36.4 Å². The number of hydrogen-bond donors (Lipinski definition) is 0. The van der Waals surface area contributed by atoms with Crippen LogP contribution in [0, 0.1) is 0 Å². The fourth-order valence-electron chi connectivity index (χ4n) is 3.93. The molecule has 0 unspecified atom stereocenters. The summed E-state index contributed by atoms with van der Waals surface area (Å²) in [6.07, 6.45) is 0. The first-order chi connectivity index (χ1) is 14.8. The molecule has 0 aliphatic carbocycles. The maximum Gasteiger partial charge on any atom is 0.253 e. The lowest BCUT2D eigenvalue weighted by molar-refractivity contribution is 0.0628. The second-order valence-corrected chi connectivity index (χ2v) is 8.57. The first-order valence-electron chi connectivity index (χ1n) is 10.3. The predicted octanol–water partition coefficient (Wildman–Crippen LogP) is 4.92. The number of rotatable bonds is 4. The van der Waals surface area contributed by atoms with Gasteiger partial charge in [0.25, 0.3) is 5.91 Å². The largest absolute Gasteiger partial charge is 0.336 e. The second kappa shape index (κ2) is 8.38. The molecule has 3 aromatic carbocycles. The molecule has 1 aromatic heterocycles. The summed E-state index contributed by atoms with van der Waals surface area (Å²) >= 11 is 1.71. The second-order valence-electron chi connectivity index (χ2n) is 7.62. The van der Waals surface area contributed by atoms with Crippen LogP contribution in [-0.2, 0) is 6.54 Å². The first kappa shape index (κ1) is 19.0. The molecule has 1 aliphatic heterocycles. The van der Waals surface area contributed by atoms with E-state index in [1.54, 1.807) is 11.3 Å². The van der Waals surface area contributed by atoms with Gasteiger partial charge in [-0.1, -0.05) is 60.7 Å². The van der Waals surface area contributed by atoms with Crippen molar-refractivity contribution in [2.75, 3.05) is 26.2 Å². The summed E-state index contributed by atoms with van der Waals surface area (Å²) in [4.78, 5) is 22.1. The van der Waals surface area contributed by atoms with Gasteiger partial charge in [0.1, 0.15) is 5.01 Å². The Morgan fingerprint density at radius 3 is 2.40 bits per heavy atom. The molecule has 2 heterocycles. The van der Waals surface area contributed by atoms with E-state index in [-0.39, 0.29) is 5.91 Å². The zero-order valence-electron chi connectivity index (χ0n) is 16.7. The van der Waals surface area contributed by atoms with Crippen LogP contribution in [0.2, 0.25) is 0 Å². The van der Waals surface area contributed by atoms with E-state index in [2.05, 4.69) is 34.5 Å². The third kappa shape index (κ3) is 3.99. The highest BCUT2D eigenvalue weighted by Gasteiger charge is 2.23. The van der Waals surface area contributed by atoms with Crippen LogP contribution >= 0.6 is 11.3 Å². The Morgan fingerprint density at radius 2 is 1.60 bits per heavy atom. The van der Waals surface area contributed by atoms with Crippen molar-refractivity contribution in [2.24, 2.45) is 0 Å². The quantitative estimate of drug-likeness (QED) is 0.476. The highest BCUT2D eigenvalue weighted by Crippen LogP contribution is 2.23. The number of piperazine rings is 1. The van der Waals surface area contributed by atoms with Crippen LogP contribution in [0.4, 0.5) is 0 Å². The van der Waals surface area contributed by atoms with Gasteiger partial charge in [-0.05, 0) is 22.9 Å². The van der Waals surface area contributed by atoms with Gasteiger partial charge in [-0.15, -0.1) is 11.3 Å². The summed E-state index contributed by atoms with van der Waals surface area (Å²) < 4.78 is 0. The number of carbonyl (C=O) groups is 1. The number of carbonyl (C=O) groups excluding carboxylic acids is 1. The Balaban J connectivity index is 1.20. The molecule has 0 spiro atoms. The maximum atomic E-state index is 13.0. The molecule has 1 amide bonds. The van der Waals surface area contributed by atoms with E-state index in [9.17, 15) is 4.79 Å². The SMILES string of the molecule is O=C(c1ccc2ccccc2c1)N1CCN(Cc2nc(-c3ccccc3)cs2)CC1. The molecule has 1 saturated heterocycles. The number of aromatic nitrogens is 1. The van der Waals surface area contributed by atoms with E-state index < -0.39 is 0 Å². The van der Waals surface area contributed by atoms with E-state index in [1.165, 1.54) is 0 Å². The van der Waals surface area contributed by atoms with Gasteiger partial charge in [0.15, 0.2) is 0 Å². The lowest BCUT2D eigenvalue weighted by Gasteiger charge is -2.34. The third-order valence-electron chi connectivity index (χ3n) is 5.64. The molecule has 0 atom stereocenters. The maximum absolute atomic E-state index is 13.0. The van der Waals surface area contributed by atoms with Gasteiger partial charge in [0.05, 0.1) is 12.2 Å². The molecule has 4 aromatic rings. The van der Waals surface area contributed by atoms with Crippen LogP contribution in [0.1, 0.15) is 15.4 Å². The number of amides is 1. The third-order valence-corrected chi connectivity index (χ3v) is 6.47. The minimum atomic E-state index is 0.126. The van der Waals surface area contributed by atoms with Crippen LogP contribution in [-0.4, -0.2) is 46.9 Å². The van der Waals surface area contributed by atoms with Crippen LogP contribution < -0.4 is 0 Å². The number of benzene rings is 3. The summed E-state index contributed by atoms with van der Waals surface area (Å²) in [6, 6.07) is 24.4. The molecule has 30 heavy (non-hydrogen) atoms. The summed E-state index contributed by atoms with van der Waals surface area (Å²) in [6.45, 7) is 4.10. The predicted molar refractivity (Wildman–Crippen MR) is 123 cm³/mol. The van der Waals surface area contributed by atoms with Gasteiger partial charge in [-0.3, -0.25) is 9.69 Å². The molecule has 5 heteroatoms. The summed E-state index contributed by atoms with van der Waals surface area (Å²) in [5, 5.41) is 5.53. The molecule has 4 nitrogen and oxygen atoms in total. The monoisotopic (exact) mass is 413 g/mol. The number of hydrogen-bond acceptors (Lipinski definition) is 4. The summed E-state index contributed by atoms with van der Waals surface area (Å²) in [5.74, 6) is 0.126. The van der Waals surface area contributed by atoms with Crippen LogP contribution in [0.3, 0.4) is 0 Å². The van der Waals surface area contributed by atoms with Gasteiger partial charge >= 0.3 is 0 Å². The summed E-state index contributed by atoms with van der Waals surface area (Å²) in [7, 11) is 0. The molecule has 150 valence electrons. The van der Waals surface area contributed by atoms with Gasteiger partial charge < -0.3 is 4.90 Å². The van der Waals surface area contributed by atoms with Gasteiger partial charge in [0.2, 0.25) is 0 Å². The van der Waals surface area contributed by atoms with Crippen molar-refractivity contribution in [2.45, 2.75) is 6.54 Å². The van der Waals surface area contributed by atoms with Gasteiger partial charge in [-0.25, -0.2) is 4.98 Å². The fourth-order valence-corrected chi connectivity index (χ4v) is 4.77. The van der Waals surface area contributed by atoms with Gasteiger partial charge in [-0.2, -0.15) is 0 Å². The van der Waals surface area contributed by atoms with Crippen molar-refractivity contribution in [3.05, 3.63) is 88.7 Å². The van der Waals surface area contributed by atoms with Crippen LogP contribution in [0.25, 0.3) is 22.0 Å². The fraction of sp³-hybridized carbons (Fsp3) is 0.200. The standard InChI is InChI=1S/C25H23N3OS/c29-25(22-11-10-19-6-4-5-9-21(19)16-22)28-14-12-27(13-15-28)17-24-26-23(18-30-24)20-7-2-1-3-8-20/h1-11,16,18H,12-15,17H2. The number of fused-ring (bicyclic) bond motifs is 1. The molecular weight excluding hydrogens is 390 g/mol. The van der Waals surface area contributed by atoms with Crippen molar-refractivity contribution in [1.29, 1.82) is 0 Å². The highest BCUT2D eigenvalue weighted by molar-refractivity contribution is 7.09. The van der Waals surface area contributed by atoms with E-state index in [4.69, 9.17) is 4.98 Å². The molecular formula is C25H23N3OS. The summed E-state index contributed by atoms with van der Waals surface area (Å²) in [5.41, 5.74) is 2.97. The van der Waals surface area contributed by atoms with Gasteiger partial charge in [0, 0.05) is 42.7 Å². The molecule has 0 N–H and O–H groups in total. The molecule has 0 radical (unpaired) electrons. The van der Waals surface area contributed by atoms with Crippen LogP contribution in [0.15, 0.2) is 78.2 Å². The lowest BCUT2D eigenvalue weighted by atomic mass is 10.1. The smallest absolute Gasteiger partial charge is 0.253 e. The molecule has 0 bridgehead atoms. The molecule has 1 fully saturated rings. The number of nitrogens with zero attached hydrogens (tertiary/aromatic N) is 3. The van der Waals surface area contributed by atoms with E-state index in [0.717, 1.165) is 65.3 Å². The van der Waals surface area contributed by atoms with Crippen molar-refractivity contribution < 1.29 is 4.79 Å². The van der Waals surface area contributed by atoms with Crippen LogP contribution in [0.5, 0.6) is 0 Å². The average Bonchev–Trinajstić information content (AvgIpc) is 3.28. The minimum Gasteiger partial charge on any atom is -0.336 e. The Labute approximate surface area is 180 Å². The Kier molecular flexibility index (Phi) is 5.30. The number of thiazole rings is 1. The highest BCUT2D eigenvalue weighted by atomic mass is 32.1. The Hall–Kier alpha value is -3.02. The minimum absolute atomic E-state index is 0.126. The van der Waals surface area contributed by atoms with Crippen molar-refractivity contribution in [3.8, 4) is 11.3 Å². The van der Waals surface area contributed by atoms with E-state index in [0.29, 0.717) is 0 Å². The van der Waals surface area contributed by atoms with Crippen molar-refractivity contribution in [1.82, 2.24) is 14.8 Å². The zero-order valence-corrected chi connectivity index (χ0v) is 17.5. The molecule has 5 rings (SSSR count). The van der Waals surface area contributed by atoms with Crippen molar-refractivity contribution in [3.63, 3.8) is 0 Å². The normalized spacial score (nSPS) is 14.9. The Morgan fingerprint density at radius 1 is 0.867 bits per heavy atom. The molecule has 1 aliphatic rings. The van der Waals surface area contributed by atoms with E-state index >= 15 is 0 Å². The average molecular weight is 414 g/mol. The zero-order chi connectivity index (χ0) is 20.3. The first-order valence-corrected chi connectivity index (χ1v) is 11.1.